The third kappa shape index (κ3) is 2.26. The Morgan fingerprint density at radius 3 is 2.89 bits per heavy atom. The van der Waals surface area contributed by atoms with E-state index in [0.29, 0.717) is 0 Å². The highest BCUT2D eigenvalue weighted by Gasteiger charge is 2.39. The molecule has 1 aliphatic heterocycles. The van der Waals surface area contributed by atoms with Gasteiger partial charge in [-0.25, -0.2) is 0 Å². The van der Waals surface area contributed by atoms with Crippen LogP contribution in [0, 0.1) is 0 Å². The molecule has 1 amide bonds. The van der Waals surface area contributed by atoms with Gasteiger partial charge in [0.25, 0.3) is 0 Å². The molecule has 0 bridgehead atoms. The Hall–Kier alpha value is -1.39. The van der Waals surface area contributed by atoms with Crippen molar-refractivity contribution >= 4 is 5.91 Å². The van der Waals surface area contributed by atoms with Crippen LogP contribution in [-0.4, -0.2) is 29.7 Å². The summed E-state index contributed by atoms with van der Waals surface area (Å²) in [5.41, 5.74) is 1.94. The van der Waals surface area contributed by atoms with Gasteiger partial charge in [-0.1, -0.05) is 24.3 Å². The average Bonchev–Trinajstić information content (AvgIpc) is 2.42. The SMILES string of the molecule is O=C(NC1(CO)CCC1)C1NCCc2ccccc21. The lowest BCUT2D eigenvalue weighted by Crippen LogP contribution is -2.58. The van der Waals surface area contributed by atoms with Crippen molar-refractivity contribution in [3.8, 4) is 0 Å². The number of amides is 1. The Bertz CT molecular complexity index is 477. The summed E-state index contributed by atoms with van der Waals surface area (Å²) >= 11 is 0. The minimum atomic E-state index is -0.370. The van der Waals surface area contributed by atoms with Crippen molar-refractivity contribution in [3.05, 3.63) is 35.4 Å². The van der Waals surface area contributed by atoms with Crippen molar-refractivity contribution in [2.24, 2.45) is 0 Å². The van der Waals surface area contributed by atoms with Crippen molar-refractivity contribution in [3.63, 3.8) is 0 Å². The molecule has 0 aromatic heterocycles. The van der Waals surface area contributed by atoms with Crippen LogP contribution in [-0.2, 0) is 11.2 Å². The highest BCUT2D eigenvalue weighted by Crippen LogP contribution is 2.32. The molecule has 1 fully saturated rings. The number of benzene rings is 1. The second-order valence-corrected chi connectivity index (χ2v) is 5.62. The van der Waals surface area contributed by atoms with E-state index in [-0.39, 0.29) is 24.1 Å². The summed E-state index contributed by atoms with van der Waals surface area (Å²) in [5.74, 6) is -0.0131. The zero-order valence-electron chi connectivity index (χ0n) is 11.0. The average molecular weight is 260 g/mol. The fourth-order valence-electron chi connectivity index (χ4n) is 3.00. The molecule has 0 radical (unpaired) electrons. The van der Waals surface area contributed by atoms with Crippen LogP contribution in [0.4, 0.5) is 0 Å². The maximum absolute atomic E-state index is 12.4. The van der Waals surface area contributed by atoms with Gasteiger partial charge in [0.15, 0.2) is 0 Å². The van der Waals surface area contributed by atoms with Gasteiger partial charge in [-0.05, 0) is 36.8 Å². The molecule has 1 saturated carbocycles. The highest BCUT2D eigenvalue weighted by atomic mass is 16.3. The minimum Gasteiger partial charge on any atom is -0.394 e. The van der Waals surface area contributed by atoms with Crippen LogP contribution in [0.15, 0.2) is 24.3 Å². The summed E-state index contributed by atoms with van der Waals surface area (Å²) in [5, 5.41) is 15.8. The molecule has 3 rings (SSSR count). The first kappa shape index (κ1) is 12.6. The van der Waals surface area contributed by atoms with Crippen LogP contribution in [0.25, 0.3) is 0 Å². The highest BCUT2D eigenvalue weighted by molar-refractivity contribution is 5.84. The van der Waals surface area contributed by atoms with E-state index in [9.17, 15) is 9.90 Å². The molecular formula is C15H20N2O2. The monoisotopic (exact) mass is 260 g/mol. The summed E-state index contributed by atoms with van der Waals surface area (Å²) in [6.07, 6.45) is 3.80. The fraction of sp³-hybridized carbons (Fsp3) is 0.533. The van der Waals surface area contributed by atoms with Crippen molar-refractivity contribution in [2.45, 2.75) is 37.3 Å². The molecule has 102 valence electrons. The Kier molecular flexibility index (Phi) is 3.29. The van der Waals surface area contributed by atoms with Gasteiger partial charge in [0.1, 0.15) is 6.04 Å². The molecule has 0 spiro atoms. The topological polar surface area (TPSA) is 61.4 Å². The molecular weight excluding hydrogens is 240 g/mol. The fourth-order valence-corrected chi connectivity index (χ4v) is 3.00. The summed E-state index contributed by atoms with van der Waals surface area (Å²) in [7, 11) is 0. The summed E-state index contributed by atoms with van der Waals surface area (Å²) in [6, 6.07) is 7.80. The first-order valence-electron chi connectivity index (χ1n) is 6.98. The number of aliphatic hydroxyl groups is 1. The summed E-state index contributed by atoms with van der Waals surface area (Å²) < 4.78 is 0. The van der Waals surface area contributed by atoms with Gasteiger partial charge in [0, 0.05) is 6.54 Å². The van der Waals surface area contributed by atoms with Gasteiger partial charge < -0.3 is 15.7 Å². The molecule has 19 heavy (non-hydrogen) atoms. The Balaban J connectivity index is 1.78. The van der Waals surface area contributed by atoms with E-state index in [2.05, 4.69) is 16.7 Å². The predicted molar refractivity (Wildman–Crippen MR) is 72.7 cm³/mol. The standard InChI is InChI=1S/C15H20N2O2/c18-10-15(7-3-8-15)17-14(19)13-12-5-2-1-4-11(12)6-9-16-13/h1-2,4-5,13,16,18H,3,6-10H2,(H,17,19). The molecule has 4 heteroatoms. The van der Waals surface area contributed by atoms with Crippen LogP contribution in [0.3, 0.4) is 0 Å². The van der Waals surface area contributed by atoms with E-state index >= 15 is 0 Å². The van der Waals surface area contributed by atoms with Gasteiger partial charge in [-0.15, -0.1) is 0 Å². The van der Waals surface area contributed by atoms with Gasteiger partial charge >= 0.3 is 0 Å². The molecule has 1 heterocycles. The predicted octanol–water partition coefficient (Wildman–Crippen LogP) is 0.905. The maximum atomic E-state index is 12.4. The lowest BCUT2D eigenvalue weighted by molar-refractivity contribution is -0.127. The lowest BCUT2D eigenvalue weighted by atomic mass is 9.77. The normalized spacial score (nSPS) is 24.2. The van der Waals surface area contributed by atoms with Gasteiger partial charge in [0.05, 0.1) is 12.1 Å². The third-order valence-electron chi connectivity index (χ3n) is 4.37. The van der Waals surface area contributed by atoms with Crippen molar-refractivity contribution in [2.75, 3.05) is 13.2 Å². The zero-order chi connectivity index (χ0) is 13.3. The first-order valence-corrected chi connectivity index (χ1v) is 6.98. The smallest absolute Gasteiger partial charge is 0.242 e. The molecule has 1 unspecified atom stereocenters. The van der Waals surface area contributed by atoms with E-state index in [1.807, 2.05) is 18.2 Å². The molecule has 4 nitrogen and oxygen atoms in total. The largest absolute Gasteiger partial charge is 0.394 e. The number of carbonyl (C=O) groups is 1. The second-order valence-electron chi connectivity index (χ2n) is 5.62. The number of fused-ring (bicyclic) bond motifs is 1. The Morgan fingerprint density at radius 2 is 2.21 bits per heavy atom. The molecule has 1 atom stereocenters. The Morgan fingerprint density at radius 1 is 1.42 bits per heavy atom. The van der Waals surface area contributed by atoms with Crippen molar-refractivity contribution < 1.29 is 9.90 Å². The molecule has 3 N–H and O–H groups in total. The molecule has 1 aromatic carbocycles. The van der Waals surface area contributed by atoms with Crippen LogP contribution in [0.1, 0.15) is 36.4 Å². The lowest BCUT2D eigenvalue weighted by Gasteiger charge is -2.42. The van der Waals surface area contributed by atoms with E-state index in [4.69, 9.17) is 0 Å². The van der Waals surface area contributed by atoms with Gasteiger partial charge in [0.2, 0.25) is 5.91 Å². The van der Waals surface area contributed by atoms with E-state index in [1.165, 1.54) is 5.56 Å². The maximum Gasteiger partial charge on any atom is 0.242 e. The molecule has 1 aliphatic carbocycles. The summed E-state index contributed by atoms with van der Waals surface area (Å²) in [4.78, 5) is 12.4. The molecule has 0 saturated heterocycles. The number of hydrogen-bond acceptors (Lipinski definition) is 3. The van der Waals surface area contributed by atoms with Crippen LogP contribution >= 0.6 is 0 Å². The molecule has 1 aromatic rings. The van der Waals surface area contributed by atoms with E-state index in [0.717, 1.165) is 37.8 Å². The number of aliphatic hydroxyl groups excluding tert-OH is 1. The van der Waals surface area contributed by atoms with Crippen LogP contribution < -0.4 is 10.6 Å². The second kappa shape index (κ2) is 4.94. The van der Waals surface area contributed by atoms with Gasteiger partial charge in [-0.2, -0.15) is 0 Å². The Labute approximate surface area is 113 Å². The van der Waals surface area contributed by atoms with Crippen molar-refractivity contribution in [1.82, 2.24) is 10.6 Å². The number of nitrogens with one attached hydrogen (secondary N) is 2. The quantitative estimate of drug-likeness (QED) is 0.757. The van der Waals surface area contributed by atoms with Crippen molar-refractivity contribution in [1.29, 1.82) is 0 Å². The number of rotatable bonds is 3. The van der Waals surface area contributed by atoms with E-state index in [1.54, 1.807) is 0 Å². The van der Waals surface area contributed by atoms with Crippen LogP contribution in [0.2, 0.25) is 0 Å². The molecule has 2 aliphatic rings. The van der Waals surface area contributed by atoms with E-state index < -0.39 is 0 Å². The minimum absolute atomic E-state index is 0.0131. The van der Waals surface area contributed by atoms with Gasteiger partial charge in [-0.3, -0.25) is 4.79 Å². The number of hydrogen-bond donors (Lipinski definition) is 3. The summed E-state index contributed by atoms with van der Waals surface area (Å²) in [6.45, 7) is 0.855. The van der Waals surface area contributed by atoms with Crippen LogP contribution in [0.5, 0.6) is 0 Å². The number of carbonyl (C=O) groups excluding carboxylic acids is 1. The zero-order valence-corrected chi connectivity index (χ0v) is 11.0. The first-order chi connectivity index (χ1) is 9.24. The third-order valence-corrected chi connectivity index (χ3v) is 4.37.